The van der Waals surface area contributed by atoms with Crippen LogP contribution in [0.15, 0.2) is 12.2 Å². The van der Waals surface area contributed by atoms with Gasteiger partial charge < -0.3 is 0 Å². The molecule has 0 aromatic rings. The average Bonchev–Trinajstić information content (AvgIpc) is 2.67. The van der Waals surface area contributed by atoms with Gasteiger partial charge in [0, 0.05) is 0 Å². The van der Waals surface area contributed by atoms with Crippen molar-refractivity contribution < 1.29 is 0 Å². The normalized spacial score (nSPS) is 24.9. The van der Waals surface area contributed by atoms with E-state index < -0.39 is 0 Å². The van der Waals surface area contributed by atoms with E-state index in [1.54, 1.807) is 0 Å². The molecule has 2 unspecified atom stereocenters. The van der Waals surface area contributed by atoms with Gasteiger partial charge in [-0.2, -0.15) is 0 Å². The lowest BCUT2D eigenvalue weighted by atomic mass is 9.94. The average molecular weight is 208 g/mol. The maximum Gasteiger partial charge on any atom is -0.0228 e. The molecule has 0 N–H and O–H groups in total. The van der Waals surface area contributed by atoms with Crippen molar-refractivity contribution in [3.63, 3.8) is 0 Å². The summed E-state index contributed by atoms with van der Waals surface area (Å²) in [6, 6.07) is 0. The molecule has 0 aromatic carbocycles. The third-order valence-electron chi connectivity index (χ3n) is 3.62. The maximum absolute atomic E-state index is 2.49. The minimum Gasteiger partial charge on any atom is -0.0851 e. The Morgan fingerprint density at radius 1 is 0.800 bits per heavy atom. The Balaban J connectivity index is 2.03. The Hall–Kier alpha value is -0.260. The van der Waals surface area contributed by atoms with Crippen LogP contribution in [0.25, 0.3) is 0 Å². The van der Waals surface area contributed by atoms with Crippen LogP contribution in [0, 0.1) is 11.8 Å². The Labute approximate surface area is 96.2 Å². The van der Waals surface area contributed by atoms with Crippen molar-refractivity contribution in [2.45, 2.75) is 71.6 Å². The zero-order valence-electron chi connectivity index (χ0n) is 10.7. The van der Waals surface area contributed by atoms with Gasteiger partial charge in [-0.05, 0) is 31.1 Å². The molecule has 0 aromatic heterocycles. The first-order valence-electron chi connectivity index (χ1n) is 7.05. The van der Waals surface area contributed by atoms with Gasteiger partial charge in [-0.3, -0.25) is 0 Å². The fraction of sp³-hybridized carbons (Fsp3) is 0.867. The van der Waals surface area contributed by atoms with Crippen LogP contribution in [0.1, 0.15) is 71.6 Å². The quantitative estimate of drug-likeness (QED) is 0.373. The molecule has 0 radical (unpaired) electrons. The van der Waals surface area contributed by atoms with Crippen LogP contribution in [-0.4, -0.2) is 0 Å². The molecule has 0 saturated carbocycles. The Kier molecular flexibility index (Phi) is 6.80. The predicted molar refractivity (Wildman–Crippen MR) is 69.0 cm³/mol. The first-order valence-corrected chi connectivity index (χ1v) is 7.05. The van der Waals surface area contributed by atoms with E-state index in [-0.39, 0.29) is 0 Å². The number of hydrogen-bond donors (Lipinski definition) is 0. The molecule has 0 fully saturated rings. The van der Waals surface area contributed by atoms with Crippen LogP contribution in [0.2, 0.25) is 0 Å². The lowest BCUT2D eigenvalue weighted by molar-refractivity contribution is 0.444. The van der Waals surface area contributed by atoms with Crippen LogP contribution >= 0.6 is 0 Å². The monoisotopic (exact) mass is 208 g/mol. The van der Waals surface area contributed by atoms with Gasteiger partial charge in [-0.15, -0.1) is 0 Å². The highest BCUT2D eigenvalue weighted by Crippen LogP contribution is 2.30. The van der Waals surface area contributed by atoms with Gasteiger partial charge in [-0.1, -0.05) is 64.5 Å². The Morgan fingerprint density at radius 2 is 1.27 bits per heavy atom. The number of hydrogen-bond acceptors (Lipinski definition) is 0. The number of allylic oxidation sites excluding steroid dienone is 2. The summed E-state index contributed by atoms with van der Waals surface area (Å²) in [5.74, 6) is 1.84. The van der Waals surface area contributed by atoms with Gasteiger partial charge in [0.1, 0.15) is 0 Å². The van der Waals surface area contributed by atoms with E-state index >= 15 is 0 Å². The van der Waals surface area contributed by atoms with Crippen LogP contribution in [0.4, 0.5) is 0 Å². The lowest BCUT2D eigenvalue weighted by Gasteiger charge is -2.11. The molecule has 1 aliphatic rings. The molecule has 1 rings (SSSR count). The topological polar surface area (TPSA) is 0 Å². The molecular formula is C15H28. The molecule has 0 spiro atoms. The molecule has 0 bridgehead atoms. The van der Waals surface area contributed by atoms with E-state index in [0.29, 0.717) is 0 Å². The smallest absolute Gasteiger partial charge is 0.0228 e. The summed E-state index contributed by atoms with van der Waals surface area (Å²) in [6.07, 6.45) is 17.7. The molecule has 0 aliphatic heterocycles. The van der Waals surface area contributed by atoms with Crippen LogP contribution < -0.4 is 0 Å². The summed E-state index contributed by atoms with van der Waals surface area (Å²) >= 11 is 0. The first kappa shape index (κ1) is 12.8. The molecule has 1 aliphatic carbocycles. The van der Waals surface area contributed by atoms with Crippen LogP contribution in [-0.2, 0) is 0 Å². The summed E-state index contributed by atoms with van der Waals surface area (Å²) in [7, 11) is 0. The first-order chi connectivity index (χ1) is 7.36. The SMILES string of the molecule is CCCCCC1C=CC(CCCCC)C1. The van der Waals surface area contributed by atoms with Crippen molar-refractivity contribution in [3.8, 4) is 0 Å². The van der Waals surface area contributed by atoms with Gasteiger partial charge in [-0.25, -0.2) is 0 Å². The molecule has 0 amide bonds. The summed E-state index contributed by atoms with van der Waals surface area (Å²) in [4.78, 5) is 0. The summed E-state index contributed by atoms with van der Waals surface area (Å²) in [6.45, 7) is 4.58. The Morgan fingerprint density at radius 3 is 1.67 bits per heavy atom. The summed E-state index contributed by atoms with van der Waals surface area (Å²) in [5.41, 5.74) is 0. The van der Waals surface area contributed by atoms with Crippen molar-refractivity contribution in [3.05, 3.63) is 12.2 Å². The second-order valence-electron chi connectivity index (χ2n) is 5.13. The highest BCUT2D eigenvalue weighted by atomic mass is 14.2. The van der Waals surface area contributed by atoms with Crippen molar-refractivity contribution in [2.75, 3.05) is 0 Å². The van der Waals surface area contributed by atoms with Crippen molar-refractivity contribution in [1.29, 1.82) is 0 Å². The zero-order chi connectivity index (χ0) is 10.9. The van der Waals surface area contributed by atoms with Gasteiger partial charge in [0.05, 0.1) is 0 Å². The van der Waals surface area contributed by atoms with E-state index in [1.165, 1.54) is 57.8 Å². The number of rotatable bonds is 8. The van der Waals surface area contributed by atoms with E-state index in [4.69, 9.17) is 0 Å². The third-order valence-corrected chi connectivity index (χ3v) is 3.62. The molecule has 88 valence electrons. The Bertz CT molecular complexity index is 151. The van der Waals surface area contributed by atoms with Crippen molar-refractivity contribution in [1.82, 2.24) is 0 Å². The number of unbranched alkanes of at least 4 members (excludes halogenated alkanes) is 4. The largest absolute Gasteiger partial charge is 0.0851 e. The lowest BCUT2D eigenvalue weighted by Crippen LogP contribution is -1.98. The van der Waals surface area contributed by atoms with Gasteiger partial charge in [0.15, 0.2) is 0 Å². The van der Waals surface area contributed by atoms with E-state index in [2.05, 4.69) is 26.0 Å². The minimum atomic E-state index is 0.920. The molecule has 15 heavy (non-hydrogen) atoms. The second kappa shape index (κ2) is 7.96. The van der Waals surface area contributed by atoms with Gasteiger partial charge in [0.25, 0.3) is 0 Å². The predicted octanol–water partition coefficient (Wildman–Crippen LogP) is 5.34. The maximum atomic E-state index is 2.49. The minimum absolute atomic E-state index is 0.920. The summed E-state index contributed by atoms with van der Waals surface area (Å²) in [5, 5.41) is 0. The van der Waals surface area contributed by atoms with Crippen molar-refractivity contribution >= 4 is 0 Å². The highest BCUT2D eigenvalue weighted by molar-refractivity contribution is 5.01. The molecule has 0 heteroatoms. The van der Waals surface area contributed by atoms with Crippen molar-refractivity contribution in [2.24, 2.45) is 11.8 Å². The fourth-order valence-corrected chi connectivity index (χ4v) is 2.60. The molecular weight excluding hydrogens is 180 g/mol. The van der Waals surface area contributed by atoms with Gasteiger partial charge >= 0.3 is 0 Å². The zero-order valence-corrected chi connectivity index (χ0v) is 10.7. The van der Waals surface area contributed by atoms with E-state index in [0.717, 1.165) is 11.8 Å². The molecule has 0 saturated heterocycles. The third kappa shape index (κ3) is 5.39. The van der Waals surface area contributed by atoms with E-state index in [9.17, 15) is 0 Å². The molecule has 0 nitrogen and oxygen atoms in total. The standard InChI is InChI=1S/C15H28/c1-3-5-7-9-14-11-12-15(13-14)10-8-6-4-2/h11-12,14-15H,3-10,13H2,1-2H3. The van der Waals surface area contributed by atoms with Gasteiger partial charge in [0.2, 0.25) is 0 Å². The van der Waals surface area contributed by atoms with Crippen LogP contribution in [0.5, 0.6) is 0 Å². The summed E-state index contributed by atoms with van der Waals surface area (Å²) < 4.78 is 0. The van der Waals surface area contributed by atoms with Crippen LogP contribution in [0.3, 0.4) is 0 Å². The second-order valence-corrected chi connectivity index (χ2v) is 5.13. The van der Waals surface area contributed by atoms with E-state index in [1.807, 2.05) is 0 Å². The molecule has 0 heterocycles. The fourth-order valence-electron chi connectivity index (χ4n) is 2.60. The molecule has 2 atom stereocenters. The highest BCUT2D eigenvalue weighted by Gasteiger charge is 2.17.